The number of nitrogens with one attached hydrogen (secondary N) is 1. The monoisotopic (exact) mass is 247 g/mol. The first-order chi connectivity index (χ1) is 8.24. The smallest absolute Gasteiger partial charge is 0.354 e. The topological polar surface area (TPSA) is 42.1 Å². The summed E-state index contributed by atoms with van der Waals surface area (Å²) in [4.78, 5) is 14.4. The highest BCUT2D eigenvalue weighted by Crippen LogP contribution is 2.18. The summed E-state index contributed by atoms with van der Waals surface area (Å²) in [6.07, 6.45) is 3.96. The molecule has 0 aliphatic heterocycles. The maximum atomic E-state index is 11.4. The van der Waals surface area contributed by atoms with Gasteiger partial charge in [-0.2, -0.15) is 12.6 Å². The molecule has 0 spiro atoms. The molecule has 0 atom stereocenters. The van der Waals surface area contributed by atoms with Gasteiger partial charge in [-0.05, 0) is 17.7 Å². The van der Waals surface area contributed by atoms with Crippen LogP contribution in [0.4, 0.5) is 0 Å². The van der Waals surface area contributed by atoms with Gasteiger partial charge in [0.1, 0.15) is 5.69 Å². The molecular weight excluding hydrogens is 234 g/mol. The highest BCUT2D eigenvalue weighted by molar-refractivity contribution is 7.80. The standard InChI is InChI=1S/C13H13NO2S/c1-16-13(15)12-8-10-5-4-9(3-2-6-17)7-11(10)14-12/h2-5,7-8,14,17H,6H2,1H3. The molecule has 0 amide bonds. The minimum Gasteiger partial charge on any atom is -0.464 e. The molecule has 1 heterocycles. The predicted octanol–water partition coefficient (Wildman–Crippen LogP) is 2.90. The van der Waals surface area contributed by atoms with E-state index in [1.807, 2.05) is 30.4 Å². The molecule has 2 rings (SSSR count). The fourth-order valence-electron chi connectivity index (χ4n) is 1.66. The van der Waals surface area contributed by atoms with Gasteiger partial charge in [-0.3, -0.25) is 0 Å². The van der Waals surface area contributed by atoms with Gasteiger partial charge in [0.2, 0.25) is 0 Å². The SMILES string of the molecule is COC(=O)c1cc2ccc(C=CCS)cc2[nH]1. The van der Waals surface area contributed by atoms with E-state index < -0.39 is 0 Å². The number of methoxy groups -OCH3 is 1. The number of hydrogen-bond acceptors (Lipinski definition) is 3. The zero-order valence-electron chi connectivity index (χ0n) is 9.43. The van der Waals surface area contributed by atoms with Gasteiger partial charge in [0.15, 0.2) is 0 Å². The second-order valence-electron chi connectivity index (χ2n) is 3.61. The first kappa shape index (κ1) is 11.8. The van der Waals surface area contributed by atoms with Gasteiger partial charge in [-0.15, -0.1) is 0 Å². The van der Waals surface area contributed by atoms with Crippen LogP contribution in [-0.2, 0) is 4.74 Å². The molecule has 4 heteroatoms. The Morgan fingerprint density at radius 2 is 2.29 bits per heavy atom. The second-order valence-corrected chi connectivity index (χ2v) is 3.97. The van der Waals surface area contributed by atoms with E-state index in [0.717, 1.165) is 16.5 Å². The predicted molar refractivity (Wildman–Crippen MR) is 72.5 cm³/mol. The Hall–Kier alpha value is -1.68. The van der Waals surface area contributed by atoms with Crippen LogP contribution in [0.15, 0.2) is 30.3 Å². The van der Waals surface area contributed by atoms with Crippen molar-refractivity contribution in [3.63, 3.8) is 0 Å². The van der Waals surface area contributed by atoms with Crippen molar-refractivity contribution < 1.29 is 9.53 Å². The van der Waals surface area contributed by atoms with E-state index in [0.29, 0.717) is 11.4 Å². The second kappa shape index (κ2) is 5.10. The average molecular weight is 247 g/mol. The minimum absolute atomic E-state index is 0.353. The number of thiol groups is 1. The third-order valence-corrected chi connectivity index (χ3v) is 2.68. The molecule has 0 aliphatic carbocycles. The highest BCUT2D eigenvalue weighted by Gasteiger charge is 2.08. The van der Waals surface area contributed by atoms with Crippen LogP contribution < -0.4 is 0 Å². The molecule has 0 bridgehead atoms. The number of H-pyrrole nitrogens is 1. The number of benzene rings is 1. The van der Waals surface area contributed by atoms with Crippen LogP contribution in [-0.4, -0.2) is 23.8 Å². The average Bonchev–Trinajstić information content (AvgIpc) is 2.78. The first-order valence-electron chi connectivity index (χ1n) is 5.23. The number of carbonyl (C=O) groups excluding carboxylic acids is 1. The quantitative estimate of drug-likeness (QED) is 0.647. The zero-order chi connectivity index (χ0) is 12.3. The Morgan fingerprint density at radius 3 is 3.00 bits per heavy atom. The summed E-state index contributed by atoms with van der Waals surface area (Å²) < 4.78 is 4.67. The number of aromatic amines is 1. The van der Waals surface area contributed by atoms with Crippen molar-refractivity contribution in [3.05, 3.63) is 41.6 Å². The number of fused-ring (bicyclic) bond motifs is 1. The maximum absolute atomic E-state index is 11.4. The van der Waals surface area contributed by atoms with Gasteiger partial charge in [0, 0.05) is 16.7 Å². The number of esters is 1. The molecule has 0 unspecified atom stereocenters. The summed E-state index contributed by atoms with van der Waals surface area (Å²) in [5, 5.41) is 0.994. The molecule has 1 N–H and O–H groups in total. The van der Waals surface area contributed by atoms with Crippen molar-refractivity contribution in [1.29, 1.82) is 0 Å². The summed E-state index contributed by atoms with van der Waals surface area (Å²) >= 11 is 4.11. The van der Waals surface area contributed by atoms with Crippen LogP contribution in [0.1, 0.15) is 16.1 Å². The molecule has 3 nitrogen and oxygen atoms in total. The van der Waals surface area contributed by atoms with Crippen LogP contribution in [0, 0.1) is 0 Å². The molecule has 0 aliphatic rings. The molecule has 0 saturated carbocycles. The molecule has 0 radical (unpaired) electrons. The van der Waals surface area contributed by atoms with Crippen molar-refractivity contribution in [2.24, 2.45) is 0 Å². The van der Waals surface area contributed by atoms with E-state index in [1.165, 1.54) is 7.11 Å². The molecule has 1 aromatic carbocycles. The van der Waals surface area contributed by atoms with E-state index in [2.05, 4.69) is 22.3 Å². The Morgan fingerprint density at radius 1 is 1.47 bits per heavy atom. The Balaban J connectivity index is 2.40. The number of hydrogen-bond donors (Lipinski definition) is 2. The van der Waals surface area contributed by atoms with E-state index in [1.54, 1.807) is 6.07 Å². The molecule has 88 valence electrons. The van der Waals surface area contributed by atoms with Gasteiger partial charge in [0.05, 0.1) is 7.11 Å². The van der Waals surface area contributed by atoms with Crippen LogP contribution >= 0.6 is 12.6 Å². The van der Waals surface area contributed by atoms with E-state index in [4.69, 9.17) is 0 Å². The summed E-state index contributed by atoms with van der Waals surface area (Å²) in [5.41, 5.74) is 2.47. The van der Waals surface area contributed by atoms with Crippen molar-refractivity contribution in [3.8, 4) is 0 Å². The molecule has 0 fully saturated rings. The van der Waals surface area contributed by atoms with Gasteiger partial charge in [0.25, 0.3) is 0 Å². The number of aromatic nitrogens is 1. The lowest BCUT2D eigenvalue weighted by molar-refractivity contribution is 0.0595. The van der Waals surface area contributed by atoms with Gasteiger partial charge in [-0.1, -0.05) is 24.3 Å². The van der Waals surface area contributed by atoms with E-state index in [-0.39, 0.29) is 5.97 Å². The minimum atomic E-state index is -0.353. The van der Waals surface area contributed by atoms with Crippen LogP contribution in [0.3, 0.4) is 0 Å². The van der Waals surface area contributed by atoms with E-state index >= 15 is 0 Å². The normalized spacial score (nSPS) is 11.2. The van der Waals surface area contributed by atoms with Crippen LogP contribution in [0.25, 0.3) is 17.0 Å². The molecule has 17 heavy (non-hydrogen) atoms. The van der Waals surface area contributed by atoms with Crippen LogP contribution in [0.5, 0.6) is 0 Å². The summed E-state index contributed by atoms with van der Waals surface area (Å²) in [7, 11) is 1.37. The summed E-state index contributed by atoms with van der Waals surface area (Å²) in [6, 6.07) is 7.74. The van der Waals surface area contributed by atoms with Crippen molar-refractivity contribution >= 4 is 35.6 Å². The van der Waals surface area contributed by atoms with Crippen LogP contribution in [0.2, 0.25) is 0 Å². The highest BCUT2D eigenvalue weighted by atomic mass is 32.1. The Bertz CT molecular complexity index is 572. The third kappa shape index (κ3) is 2.53. The Kier molecular flexibility index (Phi) is 3.54. The van der Waals surface area contributed by atoms with Crippen molar-refractivity contribution in [2.75, 3.05) is 12.9 Å². The van der Waals surface area contributed by atoms with Gasteiger partial charge < -0.3 is 9.72 Å². The lowest BCUT2D eigenvalue weighted by Gasteiger charge is -1.94. The fourth-order valence-corrected chi connectivity index (χ4v) is 1.76. The lowest BCUT2D eigenvalue weighted by atomic mass is 10.1. The zero-order valence-corrected chi connectivity index (χ0v) is 10.3. The molecular formula is C13H13NO2S. The van der Waals surface area contributed by atoms with Gasteiger partial charge in [-0.25, -0.2) is 4.79 Å². The molecule has 1 aromatic heterocycles. The lowest BCUT2D eigenvalue weighted by Crippen LogP contribution is -2.00. The third-order valence-electron chi connectivity index (χ3n) is 2.47. The number of ether oxygens (including phenoxy) is 1. The molecule has 0 saturated heterocycles. The molecule has 2 aromatic rings. The fraction of sp³-hybridized carbons (Fsp3) is 0.154. The van der Waals surface area contributed by atoms with Crippen molar-refractivity contribution in [2.45, 2.75) is 0 Å². The van der Waals surface area contributed by atoms with E-state index in [9.17, 15) is 4.79 Å². The van der Waals surface area contributed by atoms with Gasteiger partial charge >= 0.3 is 5.97 Å². The first-order valence-corrected chi connectivity index (χ1v) is 5.86. The Labute approximate surface area is 105 Å². The number of carbonyl (C=O) groups is 1. The van der Waals surface area contributed by atoms with Crippen molar-refractivity contribution in [1.82, 2.24) is 4.98 Å². The maximum Gasteiger partial charge on any atom is 0.354 e. The largest absolute Gasteiger partial charge is 0.464 e. The number of rotatable bonds is 3. The summed E-state index contributed by atoms with van der Waals surface area (Å²) in [6.45, 7) is 0. The summed E-state index contributed by atoms with van der Waals surface area (Å²) in [5.74, 6) is 0.351.